The van der Waals surface area contributed by atoms with E-state index in [2.05, 4.69) is 38.1 Å². The molecule has 0 spiro atoms. The Morgan fingerprint density at radius 1 is 1.47 bits per heavy atom. The third-order valence-corrected chi connectivity index (χ3v) is 3.30. The van der Waals surface area contributed by atoms with Gasteiger partial charge in [0.15, 0.2) is 0 Å². The molecule has 0 bridgehead atoms. The molecule has 2 aromatic rings. The second-order valence-electron chi connectivity index (χ2n) is 3.13. The van der Waals surface area contributed by atoms with E-state index < -0.39 is 0 Å². The van der Waals surface area contributed by atoms with Crippen LogP contribution in [-0.2, 0) is 0 Å². The summed E-state index contributed by atoms with van der Waals surface area (Å²) in [7, 11) is 0. The molecule has 2 aromatic heterocycles. The summed E-state index contributed by atoms with van der Waals surface area (Å²) in [5.74, 6) is 0. The smallest absolute Gasteiger partial charge is 0.115 e. The van der Waals surface area contributed by atoms with Crippen LogP contribution in [0.1, 0.15) is 18.0 Å². The molecule has 1 unspecified atom stereocenters. The quantitative estimate of drug-likeness (QED) is 0.937. The van der Waals surface area contributed by atoms with Crippen LogP contribution >= 0.6 is 27.3 Å². The molecule has 0 aromatic carbocycles. The number of rotatable bonds is 3. The van der Waals surface area contributed by atoms with Gasteiger partial charge in [0, 0.05) is 22.2 Å². The van der Waals surface area contributed by atoms with Gasteiger partial charge in [-0.25, -0.2) is 4.98 Å². The van der Waals surface area contributed by atoms with Gasteiger partial charge in [-0.05, 0) is 28.9 Å². The Bertz CT molecular complexity index is 430. The summed E-state index contributed by atoms with van der Waals surface area (Å²) in [5.41, 5.74) is 0.993. The predicted octanol–water partition coefficient (Wildman–Crippen LogP) is 3.47. The van der Waals surface area contributed by atoms with Crippen molar-refractivity contribution in [2.45, 2.75) is 13.0 Å². The minimum Gasteiger partial charge on any atom is -0.375 e. The second kappa shape index (κ2) is 4.72. The van der Waals surface area contributed by atoms with Crippen molar-refractivity contribution >= 4 is 33.0 Å². The van der Waals surface area contributed by atoms with Crippen molar-refractivity contribution < 1.29 is 0 Å². The van der Waals surface area contributed by atoms with E-state index in [0.29, 0.717) is 0 Å². The minimum absolute atomic E-state index is 0.209. The van der Waals surface area contributed by atoms with Gasteiger partial charge in [0.2, 0.25) is 0 Å². The lowest BCUT2D eigenvalue weighted by molar-refractivity contribution is 0.868. The standard InChI is InChI=1S/C10H10BrN3S/c1-7(10-13-2-3-15-10)14-9-4-8(11)5-12-6-9/h2-7,14H,1H3. The number of anilines is 1. The second-order valence-corrected chi connectivity index (χ2v) is 4.97. The van der Waals surface area contributed by atoms with Gasteiger partial charge in [-0.2, -0.15) is 0 Å². The fourth-order valence-corrected chi connectivity index (χ4v) is 2.26. The zero-order valence-electron chi connectivity index (χ0n) is 8.14. The molecular weight excluding hydrogens is 274 g/mol. The normalized spacial score (nSPS) is 12.4. The van der Waals surface area contributed by atoms with E-state index in [9.17, 15) is 0 Å². The van der Waals surface area contributed by atoms with Crippen LogP contribution in [0.3, 0.4) is 0 Å². The maximum Gasteiger partial charge on any atom is 0.115 e. The van der Waals surface area contributed by atoms with Gasteiger partial charge in [-0.3, -0.25) is 4.98 Å². The van der Waals surface area contributed by atoms with Crippen molar-refractivity contribution in [2.24, 2.45) is 0 Å². The summed E-state index contributed by atoms with van der Waals surface area (Å²) in [6, 6.07) is 2.21. The fourth-order valence-electron chi connectivity index (χ4n) is 1.25. The highest BCUT2D eigenvalue weighted by Gasteiger charge is 2.07. The predicted molar refractivity (Wildman–Crippen MR) is 66.1 cm³/mol. The Labute approximate surface area is 101 Å². The van der Waals surface area contributed by atoms with Crippen LogP contribution in [-0.4, -0.2) is 9.97 Å². The van der Waals surface area contributed by atoms with E-state index in [1.54, 1.807) is 23.7 Å². The van der Waals surface area contributed by atoms with Crippen LogP contribution < -0.4 is 5.32 Å². The van der Waals surface area contributed by atoms with Gasteiger partial charge in [-0.15, -0.1) is 11.3 Å². The lowest BCUT2D eigenvalue weighted by Gasteiger charge is -2.12. The number of thiazole rings is 1. The molecule has 2 rings (SSSR count). The average Bonchev–Trinajstić information content (AvgIpc) is 2.70. The fraction of sp³-hybridized carbons (Fsp3) is 0.200. The largest absolute Gasteiger partial charge is 0.375 e. The Hall–Kier alpha value is -0.940. The first-order chi connectivity index (χ1) is 7.25. The number of hydrogen-bond donors (Lipinski definition) is 1. The molecular formula is C10H10BrN3S. The molecule has 0 aliphatic rings. The Kier molecular flexibility index (Phi) is 3.33. The van der Waals surface area contributed by atoms with E-state index in [4.69, 9.17) is 0 Å². The van der Waals surface area contributed by atoms with E-state index in [1.807, 2.05) is 17.6 Å². The molecule has 78 valence electrons. The molecule has 5 heteroatoms. The molecule has 0 aliphatic carbocycles. The van der Waals surface area contributed by atoms with Crippen molar-refractivity contribution in [3.05, 3.63) is 39.5 Å². The van der Waals surface area contributed by atoms with Gasteiger partial charge in [0.1, 0.15) is 5.01 Å². The Balaban J connectivity index is 2.09. The first-order valence-electron chi connectivity index (χ1n) is 4.52. The van der Waals surface area contributed by atoms with Crippen LogP contribution in [0.4, 0.5) is 5.69 Å². The van der Waals surface area contributed by atoms with Gasteiger partial charge in [0.05, 0.1) is 17.9 Å². The molecule has 2 heterocycles. The van der Waals surface area contributed by atoms with Gasteiger partial charge >= 0.3 is 0 Å². The third-order valence-electron chi connectivity index (χ3n) is 1.91. The average molecular weight is 284 g/mol. The molecule has 3 nitrogen and oxygen atoms in total. The molecule has 15 heavy (non-hydrogen) atoms. The SMILES string of the molecule is CC(Nc1cncc(Br)c1)c1nccs1. The molecule has 1 atom stereocenters. The molecule has 0 fully saturated rings. The van der Waals surface area contributed by atoms with Crippen molar-refractivity contribution in [1.29, 1.82) is 0 Å². The lowest BCUT2D eigenvalue weighted by Crippen LogP contribution is -2.06. The molecule has 0 saturated carbocycles. The zero-order valence-corrected chi connectivity index (χ0v) is 10.5. The van der Waals surface area contributed by atoms with Crippen LogP contribution in [0, 0.1) is 0 Å². The number of hydrogen-bond acceptors (Lipinski definition) is 4. The van der Waals surface area contributed by atoms with Crippen molar-refractivity contribution in [3.63, 3.8) is 0 Å². The molecule has 0 amide bonds. The highest BCUT2D eigenvalue weighted by molar-refractivity contribution is 9.10. The van der Waals surface area contributed by atoms with E-state index >= 15 is 0 Å². The Morgan fingerprint density at radius 2 is 2.33 bits per heavy atom. The molecule has 0 radical (unpaired) electrons. The number of nitrogens with zero attached hydrogens (tertiary/aromatic N) is 2. The van der Waals surface area contributed by atoms with Crippen LogP contribution in [0.2, 0.25) is 0 Å². The first-order valence-corrected chi connectivity index (χ1v) is 6.19. The number of halogens is 1. The van der Waals surface area contributed by atoms with Crippen molar-refractivity contribution in [2.75, 3.05) is 5.32 Å². The van der Waals surface area contributed by atoms with Gasteiger partial charge in [-0.1, -0.05) is 0 Å². The van der Waals surface area contributed by atoms with E-state index in [0.717, 1.165) is 15.2 Å². The van der Waals surface area contributed by atoms with E-state index in [1.165, 1.54) is 0 Å². The number of aromatic nitrogens is 2. The molecule has 1 N–H and O–H groups in total. The first kappa shape index (κ1) is 10.6. The maximum atomic E-state index is 4.26. The van der Waals surface area contributed by atoms with Crippen molar-refractivity contribution in [1.82, 2.24) is 9.97 Å². The summed E-state index contributed by atoms with van der Waals surface area (Å²) < 4.78 is 0.971. The van der Waals surface area contributed by atoms with Crippen molar-refractivity contribution in [3.8, 4) is 0 Å². The molecule has 0 aliphatic heterocycles. The Morgan fingerprint density at radius 3 is 3.00 bits per heavy atom. The van der Waals surface area contributed by atoms with Crippen LogP contribution in [0.5, 0.6) is 0 Å². The lowest BCUT2D eigenvalue weighted by atomic mass is 10.3. The van der Waals surface area contributed by atoms with Crippen LogP contribution in [0.15, 0.2) is 34.5 Å². The number of pyridine rings is 1. The van der Waals surface area contributed by atoms with Gasteiger partial charge in [0.25, 0.3) is 0 Å². The highest BCUT2D eigenvalue weighted by atomic mass is 79.9. The topological polar surface area (TPSA) is 37.8 Å². The summed E-state index contributed by atoms with van der Waals surface area (Å²) in [5, 5.41) is 6.40. The summed E-state index contributed by atoms with van der Waals surface area (Å²) in [4.78, 5) is 8.35. The monoisotopic (exact) mass is 283 g/mol. The minimum atomic E-state index is 0.209. The maximum absolute atomic E-state index is 4.26. The summed E-state index contributed by atoms with van der Waals surface area (Å²) >= 11 is 5.03. The highest BCUT2D eigenvalue weighted by Crippen LogP contribution is 2.21. The summed E-state index contributed by atoms with van der Waals surface area (Å²) in [6.07, 6.45) is 5.38. The third kappa shape index (κ3) is 2.76. The van der Waals surface area contributed by atoms with E-state index in [-0.39, 0.29) is 6.04 Å². The summed E-state index contributed by atoms with van der Waals surface area (Å²) in [6.45, 7) is 2.08. The van der Waals surface area contributed by atoms with Gasteiger partial charge < -0.3 is 5.32 Å². The number of nitrogens with one attached hydrogen (secondary N) is 1. The van der Waals surface area contributed by atoms with Crippen LogP contribution in [0.25, 0.3) is 0 Å². The zero-order chi connectivity index (χ0) is 10.7. The molecule has 0 saturated heterocycles.